The maximum Gasteiger partial charge on any atom is 0.0645 e. The Hall–Kier alpha value is -1.61. The molecular weight excluding hydrogens is 246 g/mol. The van der Waals surface area contributed by atoms with Crippen LogP contribution in [0.2, 0.25) is 0 Å². The molecule has 3 heteroatoms. The first-order chi connectivity index (χ1) is 9.74. The number of benzene rings is 1. The average Bonchev–Trinajstić information content (AvgIpc) is 3.07. The number of hydrogen-bond donors (Lipinski definition) is 1. The highest BCUT2D eigenvalue weighted by Gasteiger charge is 2.29. The molecule has 2 aromatic rings. The predicted octanol–water partition coefficient (Wildman–Crippen LogP) is 3.40. The van der Waals surface area contributed by atoms with Gasteiger partial charge in [-0.05, 0) is 36.8 Å². The van der Waals surface area contributed by atoms with Crippen LogP contribution in [-0.4, -0.2) is 15.8 Å². The molecule has 0 amide bonds. The van der Waals surface area contributed by atoms with Crippen LogP contribution in [0.25, 0.3) is 5.69 Å². The number of nitrogens with zero attached hydrogens (tertiary/aromatic N) is 2. The summed E-state index contributed by atoms with van der Waals surface area (Å²) < 4.78 is 1.94. The van der Waals surface area contributed by atoms with Gasteiger partial charge >= 0.3 is 0 Å². The number of nitrogens with one attached hydrogen (secondary N) is 1. The number of rotatable bonds is 4. The van der Waals surface area contributed by atoms with Crippen molar-refractivity contribution in [2.75, 3.05) is 0 Å². The molecule has 1 aliphatic rings. The van der Waals surface area contributed by atoms with Crippen LogP contribution in [-0.2, 0) is 6.54 Å². The Labute approximate surface area is 121 Å². The standard InChI is InChI=1S/C17H23N3/c1-13-8-9-17(14(13)2)18-10-15-11-19-20(12-15)16-6-4-3-5-7-16/h3-7,11-14,17-18H,8-10H2,1-2H3. The molecule has 0 bridgehead atoms. The quantitative estimate of drug-likeness (QED) is 0.922. The third kappa shape index (κ3) is 2.78. The van der Waals surface area contributed by atoms with Crippen LogP contribution in [0.3, 0.4) is 0 Å². The molecule has 1 heterocycles. The van der Waals surface area contributed by atoms with E-state index in [4.69, 9.17) is 0 Å². The number of aromatic nitrogens is 2. The van der Waals surface area contributed by atoms with Gasteiger partial charge in [0, 0.05) is 24.3 Å². The topological polar surface area (TPSA) is 29.9 Å². The second-order valence-corrected chi connectivity index (χ2v) is 6.03. The molecule has 106 valence electrons. The first-order valence-corrected chi connectivity index (χ1v) is 7.56. The van der Waals surface area contributed by atoms with Gasteiger partial charge in [-0.15, -0.1) is 0 Å². The Morgan fingerprint density at radius 1 is 1.20 bits per heavy atom. The van der Waals surface area contributed by atoms with Gasteiger partial charge in [0.05, 0.1) is 11.9 Å². The fraction of sp³-hybridized carbons (Fsp3) is 0.471. The van der Waals surface area contributed by atoms with Crippen LogP contribution < -0.4 is 5.32 Å². The molecule has 1 saturated carbocycles. The van der Waals surface area contributed by atoms with Crippen LogP contribution in [0.4, 0.5) is 0 Å². The van der Waals surface area contributed by atoms with Crippen molar-refractivity contribution in [3.63, 3.8) is 0 Å². The molecular formula is C17H23N3. The Kier molecular flexibility index (Phi) is 3.88. The minimum atomic E-state index is 0.657. The van der Waals surface area contributed by atoms with Gasteiger partial charge in [0.25, 0.3) is 0 Å². The molecule has 1 N–H and O–H groups in total. The smallest absolute Gasteiger partial charge is 0.0645 e. The monoisotopic (exact) mass is 269 g/mol. The van der Waals surface area contributed by atoms with Gasteiger partial charge in [0.2, 0.25) is 0 Å². The van der Waals surface area contributed by atoms with Crippen LogP contribution in [0.5, 0.6) is 0 Å². The van der Waals surface area contributed by atoms with Crippen LogP contribution >= 0.6 is 0 Å². The predicted molar refractivity (Wildman–Crippen MR) is 81.8 cm³/mol. The van der Waals surface area contributed by atoms with Gasteiger partial charge in [-0.1, -0.05) is 32.0 Å². The summed E-state index contributed by atoms with van der Waals surface area (Å²) in [7, 11) is 0. The normalized spacial score (nSPS) is 26.0. The Morgan fingerprint density at radius 3 is 2.70 bits per heavy atom. The van der Waals surface area contributed by atoms with Crippen molar-refractivity contribution in [1.29, 1.82) is 0 Å². The zero-order valence-corrected chi connectivity index (χ0v) is 12.3. The third-order valence-corrected chi connectivity index (χ3v) is 4.69. The molecule has 1 aromatic carbocycles. The lowest BCUT2D eigenvalue weighted by atomic mass is 9.98. The second kappa shape index (κ2) is 5.80. The fourth-order valence-corrected chi connectivity index (χ4v) is 3.08. The van der Waals surface area contributed by atoms with E-state index in [1.807, 2.05) is 29.1 Å². The first-order valence-electron chi connectivity index (χ1n) is 7.56. The highest BCUT2D eigenvalue weighted by atomic mass is 15.3. The highest BCUT2D eigenvalue weighted by molar-refractivity contribution is 5.30. The Morgan fingerprint density at radius 2 is 2.00 bits per heavy atom. The van der Waals surface area contributed by atoms with E-state index in [-0.39, 0.29) is 0 Å². The lowest BCUT2D eigenvalue weighted by molar-refractivity contribution is 0.370. The molecule has 3 atom stereocenters. The largest absolute Gasteiger partial charge is 0.310 e. The molecule has 1 aromatic heterocycles. The summed E-state index contributed by atoms with van der Waals surface area (Å²) >= 11 is 0. The zero-order valence-electron chi connectivity index (χ0n) is 12.3. The van der Waals surface area contributed by atoms with Gasteiger partial charge in [-0.25, -0.2) is 4.68 Å². The van der Waals surface area contributed by atoms with Crippen LogP contribution in [0, 0.1) is 11.8 Å². The molecule has 0 spiro atoms. The molecule has 0 radical (unpaired) electrons. The Bertz CT molecular complexity index is 546. The van der Waals surface area contributed by atoms with Crippen molar-refractivity contribution in [2.24, 2.45) is 11.8 Å². The average molecular weight is 269 g/mol. The molecule has 20 heavy (non-hydrogen) atoms. The summed E-state index contributed by atoms with van der Waals surface area (Å²) in [5.41, 5.74) is 2.36. The first kappa shape index (κ1) is 13.4. The summed E-state index contributed by atoms with van der Waals surface area (Å²) in [4.78, 5) is 0. The van der Waals surface area contributed by atoms with Crippen molar-refractivity contribution >= 4 is 0 Å². The van der Waals surface area contributed by atoms with E-state index >= 15 is 0 Å². The summed E-state index contributed by atoms with van der Waals surface area (Å²) in [6, 6.07) is 10.9. The van der Waals surface area contributed by atoms with E-state index in [0.29, 0.717) is 6.04 Å². The van der Waals surface area contributed by atoms with E-state index < -0.39 is 0 Å². The molecule has 1 fully saturated rings. The minimum Gasteiger partial charge on any atom is -0.310 e. The summed E-state index contributed by atoms with van der Waals surface area (Å²) in [6.07, 6.45) is 6.73. The van der Waals surface area contributed by atoms with Crippen LogP contribution in [0.15, 0.2) is 42.7 Å². The maximum atomic E-state index is 4.44. The van der Waals surface area contributed by atoms with Gasteiger partial charge in [-0.2, -0.15) is 5.10 Å². The van der Waals surface area contributed by atoms with Gasteiger partial charge < -0.3 is 5.32 Å². The zero-order chi connectivity index (χ0) is 13.9. The Balaban J connectivity index is 1.61. The van der Waals surface area contributed by atoms with Crippen molar-refractivity contribution in [2.45, 2.75) is 39.3 Å². The minimum absolute atomic E-state index is 0.657. The molecule has 1 aliphatic carbocycles. The van der Waals surface area contributed by atoms with E-state index in [2.05, 4.69) is 42.6 Å². The number of hydrogen-bond acceptors (Lipinski definition) is 2. The molecule has 3 rings (SSSR count). The maximum absolute atomic E-state index is 4.44. The summed E-state index contributed by atoms with van der Waals surface area (Å²) in [5, 5.41) is 8.13. The van der Waals surface area contributed by atoms with Crippen molar-refractivity contribution in [3.05, 3.63) is 48.3 Å². The van der Waals surface area contributed by atoms with Crippen molar-refractivity contribution in [3.8, 4) is 5.69 Å². The molecule has 3 unspecified atom stereocenters. The van der Waals surface area contributed by atoms with Crippen molar-refractivity contribution < 1.29 is 0 Å². The SMILES string of the molecule is CC1CCC(NCc2cnn(-c3ccccc3)c2)C1C. The summed E-state index contributed by atoms with van der Waals surface area (Å²) in [5.74, 6) is 1.62. The lowest BCUT2D eigenvalue weighted by Gasteiger charge is -2.19. The van der Waals surface area contributed by atoms with Crippen molar-refractivity contribution in [1.82, 2.24) is 15.1 Å². The highest BCUT2D eigenvalue weighted by Crippen LogP contribution is 2.31. The second-order valence-electron chi connectivity index (χ2n) is 6.03. The van der Waals surface area contributed by atoms with Gasteiger partial charge in [-0.3, -0.25) is 0 Å². The van der Waals surface area contributed by atoms with E-state index in [9.17, 15) is 0 Å². The molecule has 0 saturated heterocycles. The lowest BCUT2D eigenvalue weighted by Crippen LogP contribution is -2.31. The van der Waals surface area contributed by atoms with E-state index in [1.54, 1.807) is 0 Å². The van der Waals surface area contributed by atoms with Gasteiger partial charge in [0.15, 0.2) is 0 Å². The van der Waals surface area contributed by atoms with E-state index in [0.717, 1.165) is 24.1 Å². The fourth-order valence-electron chi connectivity index (χ4n) is 3.08. The van der Waals surface area contributed by atoms with Gasteiger partial charge in [0.1, 0.15) is 0 Å². The van der Waals surface area contributed by atoms with E-state index in [1.165, 1.54) is 18.4 Å². The number of para-hydroxylation sites is 1. The summed E-state index contributed by atoms with van der Waals surface area (Å²) in [6.45, 7) is 5.64. The molecule has 3 nitrogen and oxygen atoms in total. The van der Waals surface area contributed by atoms with Crippen LogP contribution in [0.1, 0.15) is 32.3 Å². The third-order valence-electron chi connectivity index (χ3n) is 4.69. The molecule has 0 aliphatic heterocycles.